The average Bonchev–Trinajstić information content (AvgIpc) is 3.07. The Morgan fingerprint density at radius 2 is 2.13 bits per heavy atom. The van der Waals surface area contributed by atoms with Gasteiger partial charge in [0.25, 0.3) is 0 Å². The molecule has 0 saturated heterocycles. The van der Waals surface area contributed by atoms with Crippen LogP contribution in [-0.2, 0) is 4.74 Å². The number of methoxy groups -OCH3 is 1. The summed E-state index contributed by atoms with van der Waals surface area (Å²) < 4.78 is 4.64. The molecule has 15 heavy (non-hydrogen) atoms. The van der Waals surface area contributed by atoms with Crippen LogP contribution >= 0.6 is 0 Å². The molecule has 0 heterocycles. The van der Waals surface area contributed by atoms with Crippen molar-refractivity contribution in [3.63, 3.8) is 0 Å². The normalized spacial score (nSPS) is 23.6. The molecule has 0 spiro atoms. The molecule has 0 unspecified atom stereocenters. The van der Waals surface area contributed by atoms with E-state index in [0.29, 0.717) is 17.4 Å². The second kappa shape index (κ2) is 4.03. The van der Waals surface area contributed by atoms with Crippen LogP contribution in [0.25, 0.3) is 0 Å². The molecule has 2 N–H and O–H groups in total. The molecule has 3 nitrogen and oxygen atoms in total. The fraction of sp³-hybridized carbons (Fsp3) is 0.417. The minimum absolute atomic E-state index is 0.285. The van der Waals surface area contributed by atoms with Crippen LogP contribution in [0.15, 0.2) is 24.3 Å². The van der Waals surface area contributed by atoms with E-state index in [1.807, 2.05) is 24.3 Å². The number of benzene rings is 1. The second-order valence-corrected chi connectivity index (χ2v) is 3.95. The Hall–Kier alpha value is -1.35. The molecule has 0 amide bonds. The lowest BCUT2D eigenvalue weighted by Crippen LogP contribution is -2.03. The lowest BCUT2D eigenvalue weighted by molar-refractivity contribution is 0.0600. The van der Waals surface area contributed by atoms with Crippen LogP contribution in [0.4, 0.5) is 0 Å². The van der Waals surface area contributed by atoms with Gasteiger partial charge in [-0.15, -0.1) is 0 Å². The molecule has 1 aliphatic carbocycles. The highest BCUT2D eigenvalue weighted by Crippen LogP contribution is 2.46. The zero-order valence-electron chi connectivity index (χ0n) is 8.77. The minimum atomic E-state index is -0.285. The van der Waals surface area contributed by atoms with Crippen molar-refractivity contribution in [1.29, 1.82) is 0 Å². The summed E-state index contributed by atoms with van der Waals surface area (Å²) >= 11 is 0. The third-order valence-corrected chi connectivity index (χ3v) is 2.99. The van der Waals surface area contributed by atoms with Crippen molar-refractivity contribution in [2.24, 2.45) is 11.7 Å². The number of hydrogen-bond acceptors (Lipinski definition) is 3. The molecule has 1 fully saturated rings. The molecular weight excluding hydrogens is 190 g/mol. The van der Waals surface area contributed by atoms with E-state index in [-0.39, 0.29) is 5.97 Å². The molecule has 0 bridgehead atoms. The molecular formula is C12H15NO2. The molecule has 3 heteroatoms. The van der Waals surface area contributed by atoms with E-state index in [1.54, 1.807) is 0 Å². The van der Waals surface area contributed by atoms with Gasteiger partial charge in [-0.2, -0.15) is 0 Å². The summed E-state index contributed by atoms with van der Waals surface area (Å²) in [6, 6.07) is 7.61. The van der Waals surface area contributed by atoms with Gasteiger partial charge in [-0.3, -0.25) is 0 Å². The Bertz CT molecular complexity index is 358. The molecule has 1 aliphatic rings. The lowest BCUT2D eigenvalue weighted by atomic mass is 10.1. The summed E-state index contributed by atoms with van der Waals surface area (Å²) in [5, 5.41) is 0. The van der Waals surface area contributed by atoms with Gasteiger partial charge in [0.05, 0.1) is 12.7 Å². The topological polar surface area (TPSA) is 52.3 Å². The van der Waals surface area contributed by atoms with Crippen molar-refractivity contribution in [2.75, 3.05) is 13.7 Å². The van der Waals surface area contributed by atoms with Gasteiger partial charge in [-0.1, -0.05) is 12.1 Å². The largest absolute Gasteiger partial charge is 0.465 e. The first-order valence-corrected chi connectivity index (χ1v) is 5.14. The van der Waals surface area contributed by atoms with Gasteiger partial charge < -0.3 is 10.5 Å². The maximum absolute atomic E-state index is 11.2. The zero-order valence-corrected chi connectivity index (χ0v) is 8.77. The van der Waals surface area contributed by atoms with Crippen molar-refractivity contribution < 1.29 is 9.53 Å². The second-order valence-electron chi connectivity index (χ2n) is 3.95. The molecule has 1 aromatic carbocycles. The van der Waals surface area contributed by atoms with Crippen molar-refractivity contribution >= 4 is 5.97 Å². The molecule has 0 radical (unpaired) electrons. The van der Waals surface area contributed by atoms with Gasteiger partial charge in [0.1, 0.15) is 0 Å². The van der Waals surface area contributed by atoms with Gasteiger partial charge in [0.15, 0.2) is 0 Å². The zero-order chi connectivity index (χ0) is 10.8. The maximum Gasteiger partial charge on any atom is 0.337 e. The Labute approximate surface area is 89.2 Å². The SMILES string of the molecule is COC(=O)c1ccc([C@@H]2C[C@H]2CN)cc1. The summed E-state index contributed by atoms with van der Waals surface area (Å²) in [4.78, 5) is 11.2. The number of carbonyl (C=O) groups is 1. The van der Waals surface area contributed by atoms with Gasteiger partial charge >= 0.3 is 5.97 Å². The van der Waals surface area contributed by atoms with Crippen LogP contribution in [0, 0.1) is 5.92 Å². The Morgan fingerprint density at radius 3 is 2.60 bits per heavy atom. The van der Waals surface area contributed by atoms with Crippen molar-refractivity contribution in [1.82, 2.24) is 0 Å². The number of nitrogens with two attached hydrogens (primary N) is 1. The number of esters is 1. The van der Waals surface area contributed by atoms with E-state index < -0.39 is 0 Å². The first-order valence-electron chi connectivity index (χ1n) is 5.14. The predicted molar refractivity (Wildman–Crippen MR) is 57.7 cm³/mol. The molecule has 2 atom stereocenters. The van der Waals surface area contributed by atoms with E-state index in [2.05, 4.69) is 4.74 Å². The molecule has 2 rings (SSSR count). The van der Waals surface area contributed by atoms with Crippen molar-refractivity contribution in [2.45, 2.75) is 12.3 Å². The number of ether oxygens (including phenoxy) is 1. The lowest BCUT2D eigenvalue weighted by Gasteiger charge is -2.02. The van der Waals surface area contributed by atoms with Gasteiger partial charge in [-0.05, 0) is 42.5 Å². The highest BCUT2D eigenvalue weighted by molar-refractivity contribution is 5.89. The molecule has 0 aromatic heterocycles. The smallest absolute Gasteiger partial charge is 0.337 e. The minimum Gasteiger partial charge on any atom is -0.465 e. The monoisotopic (exact) mass is 205 g/mol. The van der Waals surface area contributed by atoms with Crippen LogP contribution in [0.1, 0.15) is 28.3 Å². The third kappa shape index (κ3) is 2.02. The van der Waals surface area contributed by atoms with Gasteiger partial charge in [0, 0.05) is 0 Å². The van der Waals surface area contributed by atoms with Crippen LogP contribution < -0.4 is 5.73 Å². The molecule has 1 saturated carbocycles. The molecule has 80 valence electrons. The quantitative estimate of drug-likeness (QED) is 0.761. The first kappa shape index (κ1) is 10.2. The predicted octanol–water partition coefficient (Wildman–Crippen LogP) is 1.54. The van der Waals surface area contributed by atoms with E-state index in [4.69, 9.17) is 5.73 Å². The van der Waals surface area contributed by atoms with E-state index in [0.717, 1.165) is 6.54 Å². The Balaban J connectivity index is 2.08. The van der Waals surface area contributed by atoms with Crippen molar-refractivity contribution in [3.8, 4) is 0 Å². The van der Waals surface area contributed by atoms with E-state index in [9.17, 15) is 4.79 Å². The van der Waals surface area contributed by atoms with Crippen LogP contribution in [0.5, 0.6) is 0 Å². The summed E-state index contributed by atoms with van der Waals surface area (Å²) in [6.45, 7) is 0.753. The Morgan fingerprint density at radius 1 is 1.47 bits per heavy atom. The maximum atomic E-state index is 11.2. The summed E-state index contributed by atoms with van der Waals surface area (Å²) in [7, 11) is 1.39. The van der Waals surface area contributed by atoms with Gasteiger partial charge in [-0.25, -0.2) is 4.79 Å². The van der Waals surface area contributed by atoms with Crippen LogP contribution in [0.3, 0.4) is 0 Å². The highest BCUT2D eigenvalue weighted by atomic mass is 16.5. The standard InChI is InChI=1S/C12H15NO2/c1-15-12(14)9-4-2-8(3-5-9)11-6-10(11)7-13/h2-5,10-11H,6-7,13H2,1H3/t10-,11-/m0/s1. The van der Waals surface area contributed by atoms with Gasteiger partial charge in [0.2, 0.25) is 0 Å². The van der Waals surface area contributed by atoms with Crippen molar-refractivity contribution in [3.05, 3.63) is 35.4 Å². The first-order chi connectivity index (χ1) is 7.26. The van der Waals surface area contributed by atoms with Crippen LogP contribution in [0.2, 0.25) is 0 Å². The highest BCUT2D eigenvalue weighted by Gasteiger charge is 2.36. The Kier molecular flexibility index (Phi) is 2.73. The third-order valence-electron chi connectivity index (χ3n) is 2.99. The van der Waals surface area contributed by atoms with E-state index in [1.165, 1.54) is 19.1 Å². The number of carbonyl (C=O) groups excluding carboxylic acids is 1. The summed E-state index contributed by atoms with van der Waals surface area (Å²) in [5.41, 5.74) is 7.47. The summed E-state index contributed by atoms with van der Waals surface area (Å²) in [5.74, 6) is 0.948. The number of rotatable bonds is 3. The fourth-order valence-electron chi connectivity index (χ4n) is 1.90. The number of hydrogen-bond donors (Lipinski definition) is 1. The summed E-state index contributed by atoms with van der Waals surface area (Å²) in [6.07, 6.45) is 1.17. The van der Waals surface area contributed by atoms with E-state index >= 15 is 0 Å². The molecule has 0 aliphatic heterocycles. The molecule has 1 aromatic rings. The fourth-order valence-corrected chi connectivity index (χ4v) is 1.90. The van der Waals surface area contributed by atoms with Crippen LogP contribution in [-0.4, -0.2) is 19.6 Å². The average molecular weight is 205 g/mol.